The quantitative estimate of drug-likeness (QED) is 0.541. The first-order valence-corrected chi connectivity index (χ1v) is 3.99. The third-order valence-corrected chi connectivity index (χ3v) is 1.78. The summed E-state index contributed by atoms with van der Waals surface area (Å²) in [6, 6.07) is 3.61. The molecule has 1 aromatic carbocycles. The van der Waals surface area contributed by atoms with E-state index in [4.69, 9.17) is 0 Å². The summed E-state index contributed by atoms with van der Waals surface area (Å²) in [6.07, 6.45) is 0.614. The van der Waals surface area contributed by atoms with Gasteiger partial charge in [-0.05, 0) is 23.8 Å². The molecule has 0 radical (unpaired) electrons. The van der Waals surface area contributed by atoms with Crippen LogP contribution in [0.25, 0.3) is 0 Å². The number of esters is 1. The van der Waals surface area contributed by atoms with Gasteiger partial charge in [0.15, 0.2) is 0 Å². The second-order valence-electron chi connectivity index (χ2n) is 2.66. The molecule has 1 aromatic rings. The summed E-state index contributed by atoms with van der Waals surface area (Å²) in [6.45, 7) is 0. The average molecular weight is 196 g/mol. The molecule has 0 aromatic heterocycles. The molecule has 0 heterocycles. The van der Waals surface area contributed by atoms with E-state index < -0.39 is 11.8 Å². The molecule has 0 spiro atoms. The van der Waals surface area contributed by atoms with E-state index in [-0.39, 0.29) is 12.0 Å². The highest BCUT2D eigenvalue weighted by atomic mass is 19.1. The van der Waals surface area contributed by atoms with E-state index in [0.29, 0.717) is 11.8 Å². The Balaban J connectivity index is 3.13. The van der Waals surface area contributed by atoms with Gasteiger partial charge in [0.05, 0.1) is 12.7 Å². The maximum atomic E-state index is 12.8. The molecule has 74 valence electrons. The first-order chi connectivity index (χ1) is 6.69. The second-order valence-corrected chi connectivity index (χ2v) is 2.66. The van der Waals surface area contributed by atoms with Crippen LogP contribution in [0.3, 0.4) is 0 Å². The van der Waals surface area contributed by atoms with Gasteiger partial charge in [-0.2, -0.15) is 0 Å². The number of carbonyl (C=O) groups is 2. The van der Waals surface area contributed by atoms with Gasteiger partial charge in [0.1, 0.15) is 12.1 Å². The molecule has 0 unspecified atom stereocenters. The van der Waals surface area contributed by atoms with Crippen LogP contribution in [0.5, 0.6) is 0 Å². The standard InChI is InChI=1S/C10H9FO3/c1-14-10(13)9-3-2-8(11)6-7(9)4-5-12/h2-3,5-6H,4H2,1H3. The minimum atomic E-state index is -0.568. The summed E-state index contributed by atoms with van der Waals surface area (Å²) in [5.74, 6) is -1.05. The zero-order valence-electron chi connectivity index (χ0n) is 7.62. The maximum absolute atomic E-state index is 12.8. The first kappa shape index (κ1) is 10.4. The molecule has 0 atom stereocenters. The molecule has 0 N–H and O–H groups in total. The number of halogens is 1. The van der Waals surface area contributed by atoms with Gasteiger partial charge >= 0.3 is 5.97 Å². The van der Waals surface area contributed by atoms with E-state index >= 15 is 0 Å². The predicted molar refractivity (Wildman–Crippen MR) is 47.5 cm³/mol. The van der Waals surface area contributed by atoms with Crippen molar-refractivity contribution in [1.82, 2.24) is 0 Å². The van der Waals surface area contributed by atoms with Crippen molar-refractivity contribution in [2.24, 2.45) is 0 Å². The van der Waals surface area contributed by atoms with Gasteiger partial charge in [0.25, 0.3) is 0 Å². The van der Waals surface area contributed by atoms with E-state index in [1.807, 2.05) is 0 Å². The van der Waals surface area contributed by atoms with Gasteiger partial charge in [-0.15, -0.1) is 0 Å². The molecule has 0 saturated heterocycles. The van der Waals surface area contributed by atoms with Crippen LogP contribution in [-0.4, -0.2) is 19.4 Å². The van der Waals surface area contributed by atoms with Crippen LogP contribution in [0.15, 0.2) is 18.2 Å². The lowest BCUT2D eigenvalue weighted by molar-refractivity contribution is -0.107. The Kier molecular flexibility index (Phi) is 3.34. The Morgan fingerprint density at radius 3 is 2.86 bits per heavy atom. The van der Waals surface area contributed by atoms with Crippen LogP contribution < -0.4 is 0 Å². The smallest absolute Gasteiger partial charge is 0.338 e. The molecule has 14 heavy (non-hydrogen) atoms. The van der Waals surface area contributed by atoms with E-state index in [2.05, 4.69) is 4.74 Å². The molecule has 0 saturated carbocycles. The largest absolute Gasteiger partial charge is 0.465 e. The summed E-state index contributed by atoms with van der Waals surface area (Å²) < 4.78 is 17.3. The number of methoxy groups -OCH3 is 1. The van der Waals surface area contributed by atoms with Crippen molar-refractivity contribution in [3.05, 3.63) is 35.1 Å². The molecule has 4 heteroatoms. The Labute approximate surface area is 80.5 Å². The number of carbonyl (C=O) groups excluding carboxylic acids is 2. The molecule has 0 aliphatic rings. The Bertz CT molecular complexity index is 360. The van der Waals surface area contributed by atoms with E-state index in [0.717, 1.165) is 12.1 Å². The van der Waals surface area contributed by atoms with Crippen molar-refractivity contribution in [1.29, 1.82) is 0 Å². The van der Waals surface area contributed by atoms with Crippen molar-refractivity contribution in [3.63, 3.8) is 0 Å². The molecular formula is C10H9FO3. The average Bonchev–Trinajstić information content (AvgIpc) is 2.17. The zero-order valence-corrected chi connectivity index (χ0v) is 7.62. The molecule has 0 aliphatic carbocycles. The lowest BCUT2D eigenvalue weighted by Crippen LogP contribution is -2.06. The number of rotatable bonds is 3. The van der Waals surface area contributed by atoms with Crippen molar-refractivity contribution in [2.75, 3.05) is 7.11 Å². The van der Waals surface area contributed by atoms with Crippen LogP contribution in [0.1, 0.15) is 15.9 Å². The van der Waals surface area contributed by atoms with Crippen molar-refractivity contribution >= 4 is 12.3 Å². The third-order valence-electron chi connectivity index (χ3n) is 1.78. The third kappa shape index (κ3) is 2.16. The number of hydrogen-bond acceptors (Lipinski definition) is 3. The molecule has 0 fully saturated rings. The topological polar surface area (TPSA) is 43.4 Å². The monoisotopic (exact) mass is 196 g/mol. The number of hydrogen-bond donors (Lipinski definition) is 0. The molecule has 0 aliphatic heterocycles. The summed E-state index contributed by atoms with van der Waals surface area (Å²) in [5.41, 5.74) is 0.563. The minimum Gasteiger partial charge on any atom is -0.465 e. The second kappa shape index (κ2) is 4.50. The van der Waals surface area contributed by atoms with Crippen LogP contribution in [-0.2, 0) is 16.0 Å². The SMILES string of the molecule is COC(=O)c1ccc(F)cc1CC=O. The summed E-state index contributed by atoms with van der Waals surface area (Å²) in [4.78, 5) is 21.4. The minimum absolute atomic E-state index is 0.00218. The van der Waals surface area contributed by atoms with Gasteiger partial charge in [-0.3, -0.25) is 0 Å². The van der Waals surface area contributed by atoms with Crippen LogP contribution in [0.4, 0.5) is 4.39 Å². The lowest BCUT2D eigenvalue weighted by Gasteiger charge is -2.04. The fraction of sp³-hybridized carbons (Fsp3) is 0.200. The number of aldehydes is 1. The lowest BCUT2D eigenvalue weighted by atomic mass is 10.1. The van der Waals surface area contributed by atoms with E-state index in [1.165, 1.54) is 13.2 Å². The van der Waals surface area contributed by atoms with Gasteiger partial charge < -0.3 is 9.53 Å². The van der Waals surface area contributed by atoms with Crippen LogP contribution in [0, 0.1) is 5.82 Å². The molecular weight excluding hydrogens is 187 g/mol. The highest BCUT2D eigenvalue weighted by molar-refractivity contribution is 5.91. The van der Waals surface area contributed by atoms with Gasteiger partial charge in [0, 0.05) is 6.42 Å². The van der Waals surface area contributed by atoms with Crippen molar-refractivity contribution in [2.45, 2.75) is 6.42 Å². The predicted octanol–water partition coefficient (Wildman–Crippen LogP) is 1.35. The van der Waals surface area contributed by atoms with E-state index in [1.54, 1.807) is 0 Å². The zero-order chi connectivity index (χ0) is 10.6. The highest BCUT2D eigenvalue weighted by Crippen LogP contribution is 2.12. The molecule has 1 rings (SSSR count). The normalized spacial score (nSPS) is 9.57. The Hall–Kier alpha value is -1.71. The fourth-order valence-corrected chi connectivity index (χ4v) is 1.13. The van der Waals surface area contributed by atoms with Crippen LogP contribution in [0.2, 0.25) is 0 Å². The van der Waals surface area contributed by atoms with Crippen LogP contribution >= 0.6 is 0 Å². The molecule has 3 nitrogen and oxygen atoms in total. The fourth-order valence-electron chi connectivity index (χ4n) is 1.13. The van der Waals surface area contributed by atoms with Gasteiger partial charge in [-0.25, -0.2) is 9.18 Å². The van der Waals surface area contributed by atoms with Crippen molar-refractivity contribution in [3.8, 4) is 0 Å². The Morgan fingerprint density at radius 1 is 1.57 bits per heavy atom. The summed E-state index contributed by atoms with van der Waals surface area (Å²) in [7, 11) is 1.23. The van der Waals surface area contributed by atoms with Gasteiger partial charge in [-0.1, -0.05) is 0 Å². The molecule has 0 amide bonds. The number of benzene rings is 1. The highest BCUT2D eigenvalue weighted by Gasteiger charge is 2.11. The van der Waals surface area contributed by atoms with Crippen molar-refractivity contribution < 1.29 is 18.7 Å². The summed E-state index contributed by atoms with van der Waals surface area (Å²) >= 11 is 0. The Morgan fingerprint density at radius 2 is 2.29 bits per heavy atom. The molecule has 0 bridgehead atoms. The van der Waals surface area contributed by atoms with Gasteiger partial charge in [0.2, 0.25) is 0 Å². The maximum Gasteiger partial charge on any atom is 0.338 e. The first-order valence-electron chi connectivity index (χ1n) is 3.99. The number of ether oxygens (including phenoxy) is 1. The summed E-state index contributed by atoms with van der Waals surface area (Å²) in [5, 5.41) is 0. The van der Waals surface area contributed by atoms with E-state index in [9.17, 15) is 14.0 Å².